The van der Waals surface area contributed by atoms with E-state index in [1.807, 2.05) is 32.9 Å². The highest BCUT2D eigenvalue weighted by Gasteiger charge is 2.48. The molecule has 3 heterocycles. The number of imide groups is 1. The lowest BCUT2D eigenvalue weighted by Crippen LogP contribution is -2.39. The standard InChI is InChI=1S/C29H25FN4O3/c1-4-7-23-24(28(36)34(31-23)21-13-11-20(30)12-14-21)25-26(32-15-6-9-19(3)17-32)29(37)33(27(25)35)22-10-5-8-18(2)16-22/h5-6,8-17H,4,7H2,1-3H3/p+1. The summed E-state index contributed by atoms with van der Waals surface area (Å²) in [6, 6.07) is 16.3. The molecule has 0 spiro atoms. The average molecular weight is 498 g/mol. The molecule has 2 aromatic carbocycles. The summed E-state index contributed by atoms with van der Waals surface area (Å²) in [5.74, 6) is -1.51. The third kappa shape index (κ3) is 4.20. The molecule has 4 aromatic rings. The zero-order chi connectivity index (χ0) is 26.3. The molecule has 186 valence electrons. The summed E-state index contributed by atoms with van der Waals surface area (Å²) in [5.41, 5.74) is 2.97. The number of halogens is 1. The number of aryl methyl sites for hydroxylation is 3. The number of nitrogens with one attached hydrogen (secondary N) is 1. The number of carbonyl (C=O) groups excluding carboxylic acids is 2. The number of aromatic amines is 1. The molecule has 0 unspecified atom stereocenters. The first-order chi connectivity index (χ1) is 17.8. The molecule has 7 nitrogen and oxygen atoms in total. The molecular weight excluding hydrogens is 471 g/mol. The summed E-state index contributed by atoms with van der Waals surface area (Å²) < 4.78 is 16.4. The number of anilines is 1. The minimum Gasteiger partial charge on any atom is -0.294 e. The molecule has 0 aliphatic carbocycles. The molecule has 1 aliphatic heterocycles. The molecule has 0 radical (unpaired) electrons. The van der Waals surface area contributed by atoms with Crippen molar-refractivity contribution in [1.82, 2.24) is 9.78 Å². The second-order valence-corrected chi connectivity index (χ2v) is 9.13. The number of H-pyrrole nitrogens is 1. The second-order valence-electron chi connectivity index (χ2n) is 9.13. The van der Waals surface area contributed by atoms with E-state index in [-0.39, 0.29) is 16.8 Å². The Morgan fingerprint density at radius 1 is 0.892 bits per heavy atom. The fraction of sp³-hybridized carbons (Fsp3) is 0.172. The Labute approximate surface area is 213 Å². The van der Waals surface area contributed by atoms with Gasteiger partial charge in [0.2, 0.25) is 0 Å². The predicted octanol–water partition coefficient (Wildman–Crippen LogP) is 4.10. The third-order valence-corrected chi connectivity index (χ3v) is 6.33. The van der Waals surface area contributed by atoms with Crippen LogP contribution in [-0.2, 0) is 16.0 Å². The highest BCUT2D eigenvalue weighted by molar-refractivity contribution is 6.53. The Hall–Kier alpha value is -4.59. The highest BCUT2D eigenvalue weighted by Crippen LogP contribution is 2.34. The van der Waals surface area contributed by atoms with Crippen molar-refractivity contribution in [2.45, 2.75) is 33.6 Å². The van der Waals surface area contributed by atoms with Gasteiger partial charge < -0.3 is 0 Å². The Bertz CT molecular complexity index is 1630. The van der Waals surface area contributed by atoms with Gasteiger partial charge in [-0.3, -0.25) is 19.5 Å². The average Bonchev–Trinajstić information content (AvgIpc) is 3.31. The molecule has 0 fully saturated rings. The van der Waals surface area contributed by atoms with Crippen molar-refractivity contribution in [3.05, 3.63) is 112 Å². The Morgan fingerprint density at radius 3 is 2.30 bits per heavy atom. The maximum absolute atomic E-state index is 14.0. The van der Waals surface area contributed by atoms with Crippen LogP contribution in [0.15, 0.2) is 77.9 Å². The van der Waals surface area contributed by atoms with Crippen LogP contribution in [0, 0.1) is 19.7 Å². The lowest BCUT2D eigenvalue weighted by molar-refractivity contribution is -0.577. The van der Waals surface area contributed by atoms with Crippen molar-refractivity contribution in [1.29, 1.82) is 0 Å². The van der Waals surface area contributed by atoms with Crippen molar-refractivity contribution in [2.75, 3.05) is 4.90 Å². The normalized spacial score (nSPS) is 13.7. The van der Waals surface area contributed by atoms with Gasteiger partial charge in [-0.05, 0) is 68.3 Å². The monoisotopic (exact) mass is 497 g/mol. The van der Waals surface area contributed by atoms with Gasteiger partial charge in [-0.25, -0.2) is 14.0 Å². The fourth-order valence-electron chi connectivity index (χ4n) is 4.66. The van der Waals surface area contributed by atoms with Gasteiger partial charge in [0.05, 0.1) is 16.9 Å². The van der Waals surface area contributed by atoms with Crippen LogP contribution in [0.25, 0.3) is 17.0 Å². The SMILES string of the molecule is CCCc1[nH]n(-c2ccc(F)cc2)c(=O)c1C1=C([n+]2cccc(C)c2)C(=O)N(c2cccc(C)c2)C1=O. The number of hydrogen-bond donors (Lipinski definition) is 1. The van der Waals surface area contributed by atoms with Gasteiger partial charge in [-0.2, -0.15) is 4.57 Å². The lowest BCUT2D eigenvalue weighted by atomic mass is 10.0. The molecule has 0 bridgehead atoms. The number of nitrogens with zero attached hydrogens (tertiary/aromatic N) is 3. The summed E-state index contributed by atoms with van der Waals surface area (Å²) in [5, 5.41) is 3.10. The fourth-order valence-corrected chi connectivity index (χ4v) is 4.66. The number of aromatic nitrogens is 3. The number of rotatable bonds is 6. The molecule has 37 heavy (non-hydrogen) atoms. The minimum atomic E-state index is -0.570. The van der Waals surface area contributed by atoms with Crippen molar-refractivity contribution in [2.24, 2.45) is 0 Å². The van der Waals surface area contributed by atoms with E-state index >= 15 is 0 Å². The molecular formula is C29H26FN4O3+. The van der Waals surface area contributed by atoms with Crippen LogP contribution in [0.2, 0.25) is 0 Å². The smallest absolute Gasteiger partial charge is 0.294 e. The van der Waals surface area contributed by atoms with Crippen molar-refractivity contribution in [3.63, 3.8) is 0 Å². The van der Waals surface area contributed by atoms with Crippen LogP contribution in [0.1, 0.15) is 35.7 Å². The summed E-state index contributed by atoms with van der Waals surface area (Å²) in [6.07, 6.45) is 4.61. The molecule has 1 aliphatic rings. The zero-order valence-electron chi connectivity index (χ0n) is 20.8. The molecule has 2 aromatic heterocycles. The molecule has 1 N–H and O–H groups in total. The van der Waals surface area contributed by atoms with Crippen molar-refractivity contribution < 1.29 is 18.5 Å². The topological polar surface area (TPSA) is 79.1 Å². The van der Waals surface area contributed by atoms with Crippen LogP contribution in [0.4, 0.5) is 10.1 Å². The van der Waals surface area contributed by atoms with Crippen LogP contribution in [0.5, 0.6) is 0 Å². The van der Waals surface area contributed by atoms with Gasteiger partial charge in [0.15, 0.2) is 12.4 Å². The number of carbonyl (C=O) groups is 2. The van der Waals surface area contributed by atoms with Crippen molar-refractivity contribution >= 4 is 28.8 Å². The van der Waals surface area contributed by atoms with E-state index in [0.717, 1.165) is 16.0 Å². The Morgan fingerprint density at radius 2 is 1.62 bits per heavy atom. The highest BCUT2D eigenvalue weighted by atomic mass is 19.1. The molecule has 0 atom stereocenters. The van der Waals surface area contributed by atoms with Gasteiger partial charge in [-0.1, -0.05) is 25.5 Å². The Balaban J connectivity index is 1.79. The third-order valence-electron chi connectivity index (χ3n) is 6.33. The van der Waals surface area contributed by atoms with Gasteiger partial charge in [0.1, 0.15) is 11.4 Å². The van der Waals surface area contributed by atoms with E-state index in [9.17, 15) is 18.8 Å². The van der Waals surface area contributed by atoms with Crippen LogP contribution in [-0.4, -0.2) is 21.6 Å². The first-order valence-electron chi connectivity index (χ1n) is 12.1. The maximum Gasteiger partial charge on any atom is 0.331 e. The van der Waals surface area contributed by atoms with Gasteiger partial charge in [0, 0.05) is 17.3 Å². The van der Waals surface area contributed by atoms with E-state index in [4.69, 9.17) is 0 Å². The summed E-state index contributed by atoms with van der Waals surface area (Å²) >= 11 is 0. The molecule has 0 saturated heterocycles. The van der Waals surface area contributed by atoms with Gasteiger partial charge in [0.25, 0.3) is 17.2 Å². The maximum atomic E-state index is 14.0. The number of pyridine rings is 1. The van der Waals surface area contributed by atoms with Crippen LogP contribution < -0.4 is 15.0 Å². The van der Waals surface area contributed by atoms with Crippen molar-refractivity contribution in [3.8, 4) is 5.69 Å². The lowest BCUT2D eigenvalue weighted by Gasteiger charge is -2.14. The van der Waals surface area contributed by atoms with E-state index in [2.05, 4.69) is 5.10 Å². The second kappa shape index (κ2) is 9.46. The number of hydrogen-bond acceptors (Lipinski definition) is 3. The van der Waals surface area contributed by atoms with Gasteiger partial charge >= 0.3 is 5.91 Å². The van der Waals surface area contributed by atoms with Crippen LogP contribution in [0.3, 0.4) is 0 Å². The molecule has 8 heteroatoms. The quantitative estimate of drug-likeness (QED) is 0.322. The van der Waals surface area contributed by atoms with Gasteiger partial charge in [-0.15, -0.1) is 0 Å². The summed E-state index contributed by atoms with van der Waals surface area (Å²) in [4.78, 5) is 42.9. The summed E-state index contributed by atoms with van der Waals surface area (Å²) in [7, 11) is 0. The molecule has 0 saturated carbocycles. The molecule has 2 amide bonds. The minimum absolute atomic E-state index is 0.0349. The van der Waals surface area contributed by atoms with E-state index in [1.165, 1.54) is 28.9 Å². The predicted molar refractivity (Wildman–Crippen MR) is 138 cm³/mol. The van der Waals surface area contributed by atoms with E-state index in [1.54, 1.807) is 41.2 Å². The zero-order valence-corrected chi connectivity index (χ0v) is 20.8. The molecule has 5 rings (SSSR count). The van der Waals surface area contributed by atoms with E-state index < -0.39 is 23.2 Å². The Kier molecular flexibility index (Phi) is 6.17. The first kappa shape index (κ1) is 24.1. The van der Waals surface area contributed by atoms with E-state index in [0.29, 0.717) is 29.9 Å². The largest absolute Gasteiger partial charge is 0.331 e. The first-order valence-corrected chi connectivity index (χ1v) is 12.1. The number of amides is 2. The number of benzene rings is 2. The van der Waals surface area contributed by atoms with Crippen LogP contribution >= 0.6 is 0 Å². The summed E-state index contributed by atoms with van der Waals surface area (Å²) in [6.45, 7) is 5.73.